The minimum Gasteiger partial charge on any atom is -0.397 e. The van der Waals surface area contributed by atoms with E-state index in [-0.39, 0.29) is 10.4 Å². The third-order valence-corrected chi connectivity index (χ3v) is 5.39. The summed E-state index contributed by atoms with van der Waals surface area (Å²) in [5.41, 5.74) is 7.40. The molecule has 1 aromatic rings. The Bertz CT molecular complexity index is 593. The highest BCUT2D eigenvalue weighted by Gasteiger charge is 2.26. The predicted molar refractivity (Wildman–Crippen MR) is 83.3 cm³/mol. The molecular weight excluding hydrogens is 274 g/mol. The first kappa shape index (κ1) is 16.9. The normalized spacial score (nSPS) is 12.9. The number of rotatable bonds is 5. The lowest BCUT2D eigenvalue weighted by Crippen LogP contribution is -2.48. The monoisotopic (exact) mass is 299 g/mol. The summed E-state index contributed by atoms with van der Waals surface area (Å²) in [7, 11) is 0.222. The highest BCUT2D eigenvalue weighted by molar-refractivity contribution is 7.89. The number of likely N-dealkylation sites (N-methyl/N-ethyl adjacent to an activating group) is 1. The second kappa shape index (κ2) is 5.71. The largest absolute Gasteiger partial charge is 0.397 e. The zero-order valence-corrected chi connectivity index (χ0v) is 13.9. The van der Waals surface area contributed by atoms with E-state index < -0.39 is 10.0 Å². The zero-order chi connectivity index (χ0) is 15.7. The third kappa shape index (κ3) is 3.50. The molecule has 0 atom stereocenters. The highest BCUT2D eigenvalue weighted by atomic mass is 32.2. The number of nitrogen functional groups attached to an aromatic ring is 1. The van der Waals surface area contributed by atoms with Crippen molar-refractivity contribution < 1.29 is 8.42 Å². The van der Waals surface area contributed by atoms with Gasteiger partial charge in [-0.1, -0.05) is 12.1 Å². The Morgan fingerprint density at radius 2 is 1.70 bits per heavy atom. The van der Waals surface area contributed by atoms with Gasteiger partial charge in [-0.3, -0.25) is 0 Å². The van der Waals surface area contributed by atoms with E-state index in [1.165, 1.54) is 0 Å². The SMILES string of the molecule is Cc1ccc(C)c(S(=O)(=O)NCC(C)(C)N(C)C)c1N. The Morgan fingerprint density at radius 1 is 1.20 bits per heavy atom. The summed E-state index contributed by atoms with van der Waals surface area (Å²) in [4.78, 5) is 2.16. The van der Waals surface area contributed by atoms with Crippen molar-refractivity contribution in [3.63, 3.8) is 0 Å². The second-order valence-electron chi connectivity index (χ2n) is 5.97. The van der Waals surface area contributed by atoms with Crippen molar-refractivity contribution in [2.24, 2.45) is 0 Å². The molecule has 0 bridgehead atoms. The van der Waals surface area contributed by atoms with Crippen molar-refractivity contribution in [2.45, 2.75) is 38.1 Å². The minimum atomic E-state index is -3.61. The van der Waals surface area contributed by atoms with Gasteiger partial charge in [-0.2, -0.15) is 0 Å². The fraction of sp³-hybridized carbons (Fsp3) is 0.571. The van der Waals surface area contributed by atoms with Crippen molar-refractivity contribution in [3.8, 4) is 0 Å². The van der Waals surface area contributed by atoms with Gasteiger partial charge < -0.3 is 10.6 Å². The standard InChI is InChI=1S/C14H25N3O2S/c1-10-7-8-11(2)13(12(10)15)20(18,19)16-9-14(3,4)17(5)6/h7-8,16H,9,15H2,1-6H3. The topological polar surface area (TPSA) is 75.4 Å². The Kier molecular flexibility index (Phi) is 4.84. The van der Waals surface area contributed by atoms with Gasteiger partial charge in [-0.05, 0) is 52.9 Å². The maximum Gasteiger partial charge on any atom is 0.242 e. The lowest BCUT2D eigenvalue weighted by molar-refractivity contribution is 0.199. The molecule has 0 aliphatic carbocycles. The average Bonchev–Trinajstić information content (AvgIpc) is 2.32. The minimum absolute atomic E-state index is 0.187. The quantitative estimate of drug-likeness (QED) is 0.808. The Balaban J connectivity index is 3.11. The molecule has 6 heteroatoms. The van der Waals surface area contributed by atoms with Crippen LogP contribution in [-0.2, 0) is 10.0 Å². The van der Waals surface area contributed by atoms with Crippen LogP contribution in [0, 0.1) is 13.8 Å². The third-order valence-electron chi connectivity index (χ3n) is 3.79. The fourth-order valence-corrected chi connectivity index (χ4v) is 3.30. The molecule has 1 rings (SSSR count). The number of hydrogen-bond donors (Lipinski definition) is 2. The molecule has 114 valence electrons. The van der Waals surface area contributed by atoms with Crippen LogP contribution in [0.3, 0.4) is 0 Å². The molecule has 0 heterocycles. The number of nitrogens with zero attached hydrogens (tertiary/aromatic N) is 1. The summed E-state index contributed by atoms with van der Waals surface area (Å²) in [6.07, 6.45) is 0. The van der Waals surface area contributed by atoms with Crippen LogP contribution < -0.4 is 10.5 Å². The molecule has 0 aliphatic heterocycles. The van der Waals surface area contributed by atoms with Crippen LogP contribution in [0.4, 0.5) is 5.69 Å². The Morgan fingerprint density at radius 3 is 2.20 bits per heavy atom. The number of nitrogens with one attached hydrogen (secondary N) is 1. The first-order valence-corrected chi connectivity index (χ1v) is 8.00. The van der Waals surface area contributed by atoms with Gasteiger partial charge in [-0.15, -0.1) is 0 Å². The first-order valence-electron chi connectivity index (χ1n) is 6.52. The van der Waals surface area contributed by atoms with E-state index in [0.717, 1.165) is 5.56 Å². The summed E-state index contributed by atoms with van der Waals surface area (Å²) in [6.45, 7) is 7.82. The van der Waals surface area contributed by atoms with E-state index >= 15 is 0 Å². The van der Waals surface area contributed by atoms with E-state index in [1.807, 2.05) is 38.9 Å². The molecule has 1 aromatic carbocycles. The lowest BCUT2D eigenvalue weighted by Gasteiger charge is -2.32. The number of anilines is 1. The van der Waals surface area contributed by atoms with Crippen molar-refractivity contribution in [2.75, 3.05) is 26.4 Å². The predicted octanol–water partition coefficient (Wildman–Crippen LogP) is 1.50. The summed E-state index contributed by atoms with van der Waals surface area (Å²) in [5.74, 6) is 0. The molecule has 0 saturated heterocycles. The van der Waals surface area contributed by atoms with Gasteiger partial charge >= 0.3 is 0 Å². The molecule has 20 heavy (non-hydrogen) atoms. The fourth-order valence-electron chi connectivity index (χ4n) is 1.67. The molecule has 0 unspecified atom stereocenters. The number of aryl methyl sites for hydroxylation is 2. The lowest BCUT2D eigenvalue weighted by atomic mass is 10.1. The second-order valence-corrected chi connectivity index (χ2v) is 7.68. The maximum absolute atomic E-state index is 12.5. The average molecular weight is 299 g/mol. The summed E-state index contributed by atoms with van der Waals surface area (Å²) in [6, 6.07) is 3.60. The van der Waals surface area contributed by atoms with E-state index in [1.54, 1.807) is 19.9 Å². The molecule has 0 fully saturated rings. The maximum atomic E-state index is 12.5. The van der Waals surface area contributed by atoms with Crippen molar-refractivity contribution >= 4 is 15.7 Å². The molecule has 3 N–H and O–H groups in total. The van der Waals surface area contributed by atoms with Crippen LogP contribution in [0.1, 0.15) is 25.0 Å². The molecule has 0 amide bonds. The molecule has 0 aliphatic rings. The van der Waals surface area contributed by atoms with Crippen LogP contribution in [0.25, 0.3) is 0 Å². The first-order chi connectivity index (χ1) is 8.99. The van der Waals surface area contributed by atoms with Crippen LogP contribution in [-0.4, -0.2) is 39.5 Å². The van der Waals surface area contributed by atoms with Gasteiger partial charge in [0.05, 0.1) is 5.69 Å². The molecule has 0 saturated carbocycles. The van der Waals surface area contributed by atoms with Crippen molar-refractivity contribution in [3.05, 3.63) is 23.3 Å². The van der Waals surface area contributed by atoms with Gasteiger partial charge in [0.15, 0.2) is 0 Å². The van der Waals surface area contributed by atoms with Gasteiger partial charge in [-0.25, -0.2) is 13.1 Å². The van der Waals surface area contributed by atoms with Gasteiger partial charge in [0, 0.05) is 12.1 Å². The number of benzene rings is 1. The van der Waals surface area contributed by atoms with Crippen LogP contribution >= 0.6 is 0 Å². The Hall–Kier alpha value is -1.11. The van der Waals surface area contributed by atoms with E-state index in [0.29, 0.717) is 17.8 Å². The molecule has 5 nitrogen and oxygen atoms in total. The number of hydrogen-bond acceptors (Lipinski definition) is 4. The van der Waals surface area contributed by atoms with Crippen LogP contribution in [0.2, 0.25) is 0 Å². The van der Waals surface area contributed by atoms with E-state index in [4.69, 9.17) is 5.73 Å². The number of sulfonamides is 1. The highest BCUT2D eigenvalue weighted by Crippen LogP contribution is 2.26. The summed E-state index contributed by atoms with van der Waals surface area (Å²) in [5, 5.41) is 0. The number of nitrogens with two attached hydrogens (primary N) is 1. The molecular formula is C14H25N3O2S. The van der Waals surface area contributed by atoms with E-state index in [2.05, 4.69) is 4.72 Å². The summed E-state index contributed by atoms with van der Waals surface area (Å²) >= 11 is 0. The van der Waals surface area contributed by atoms with Crippen molar-refractivity contribution in [1.29, 1.82) is 0 Å². The zero-order valence-electron chi connectivity index (χ0n) is 13.1. The van der Waals surface area contributed by atoms with Gasteiger partial charge in [0.1, 0.15) is 4.90 Å². The smallest absolute Gasteiger partial charge is 0.242 e. The molecule has 0 aromatic heterocycles. The molecule has 0 spiro atoms. The van der Waals surface area contributed by atoms with Crippen LogP contribution in [0.15, 0.2) is 17.0 Å². The van der Waals surface area contributed by atoms with Crippen molar-refractivity contribution in [1.82, 2.24) is 9.62 Å². The Labute approximate surface area is 122 Å². The summed E-state index contributed by atoms with van der Waals surface area (Å²) < 4.78 is 27.6. The van der Waals surface area contributed by atoms with Gasteiger partial charge in [0.25, 0.3) is 0 Å². The van der Waals surface area contributed by atoms with Crippen LogP contribution in [0.5, 0.6) is 0 Å². The van der Waals surface area contributed by atoms with Gasteiger partial charge in [0.2, 0.25) is 10.0 Å². The van der Waals surface area contributed by atoms with E-state index in [9.17, 15) is 8.42 Å². The molecule has 0 radical (unpaired) electrons.